The van der Waals surface area contributed by atoms with Gasteiger partial charge in [-0.3, -0.25) is 9.59 Å². The van der Waals surface area contributed by atoms with Gasteiger partial charge in [-0.15, -0.1) is 0 Å². The van der Waals surface area contributed by atoms with E-state index >= 15 is 0 Å². The van der Waals surface area contributed by atoms with Crippen LogP contribution in [0.5, 0.6) is 0 Å². The number of carbonyl (C=O) groups excluding carboxylic acids is 3. The van der Waals surface area contributed by atoms with Crippen LogP contribution >= 0.6 is 0 Å². The van der Waals surface area contributed by atoms with Gasteiger partial charge in [-0.1, -0.05) is 42.0 Å². The van der Waals surface area contributed by atoms with Crippen LogP contribution in [0.4, 0.5) is 10.5 Å². The van der Waals surface area contributed by atoms with Crippen molar-refractivity contribution in [3.8, 4) is 0 Å². The highest BCUT2D eigenvalue weighted by Crippen LogP contribution is 2.10. The maximum absolute atomic E-state index is 12.1. The molecule has 0 aliphatic rings. The van der Waals surface area contributed by atoms with E-state index in [0.29, 0.717) is 12.2 Å². The third-order valence-corrected chi connectivity index (χ3v) is 4.01. The normalized spacial score (nSPS) is 11.1. The predicted octanol–water partition coefficient (Wildman–Crippen LogP) is 3.79. The minimum Gasteiger partial charge on any atom is -0.444 e. The smallest absolute Gasteiger partial charge is 0.408 e. The molecule has 0 aromatic heterocycles. The number of carbonyl (C=O) groups is 3. The van der Waals surface area contributed by atoms with Crippen LogP contribution in [0.2, 0.25) is 0 Å². The first-order valence-electron chi connectivity index (χ1n) is 9.99. The number of ether oxygens (including phenoxy) is 1. The Kier molecular flexibility index (Phi) is 8.37. The molecule has 2 rings (SSSR count). The highest BCUT2D eigenvalue weighted by molar-refractivity contribution is 6.01. The molecule has 0 radical (unpaired) electrons. The molecule has 3 amide bonds. The van der Waals surface area contributed by atoms with Gasteiger partial charge in [0.15, 0.2) is 0 Å². The van der Waals surface area contributed by atoms with Gasteiger partial charge < -0.3 is 20.7 Å². The van der Waals surface area contributed by atoms with Crippen molar-refractivity contribution in [3.63, 3.8) is 0 Å². The van der Waals surface area contributed by atoms with Crippen molar-refractivity contribution in [2.24, 2.45) is 0 Å². The maximum atomic E-state index is 12.1. The van der Waals surface area contributed by atoms with Crippen LogP contribution in [0.25, 0.3) is 6.08 Å². The molecule has 0 aliphatic heterocycles. The van der Waals surface area contributed by atoms with Crippen LogP contribution in [-0.4, -0.2) is 30.1 Å². The second-order valence-electron chi connectivity index (χ2n) is 8.06. The topological polar surface area (TPSA) is 96.5 Å². The van der Waals surface area contributed by atoms with Crippen molar-refractivity contribution in [1.82, 2.24) is 10.6 Å². The Labute approximate surface area is 182 Å². The second-order valence-corrected chi connectivity index (χ2v) is 8.06. The van der Waals surface area contributed by atoms with Gasteiger partial charge in [-0.25, -0.2) is 4.79 Å². The Morgan fingerprint density at radius 3 is 2.19 bits per heavy atom. The molecule has 0 bridgehead atoms. The van der Waals surface area contributed by atoms with Crippen molar-refractivity contribution in [3.05, 3.63) is 71.3 Å². The Hall–Kier alpha value is -3.61. The first kappa shape index (κ1) is 23.7. The zero-order valence-corrected chi connectivity index (χ0v) is 18.3. The van der Waals surface area contributed by atoms with Crippen molar-refractivity contribution < 1.29 is 19.1 Å². The summed E-state index contributed by atoms with van der Waals surface area (Å²) in [6, 6.07) is 15.0. The fraction of sp³-hybridized carbons (Fsp3) is 0.292. The minimum absolute atomic E-state index is 0.170. The van der Waals surface area contributed by atoms with E-state index in [-0.39, 0.29) is 18.4 Å². The van der Waals surface area contributed by atoms with Crippen LogP contribution in [0, 0.1) is 6.92 Å². The van der Waals surface area contributed by atoms with Crippen molar-refractivity contribution >= 4 is 29.7 Å². The lowest BCUT2D eigenvalue weighted by Gasteiger charge is -2.19. The molecule has 2 aromatic carbocycles. The number of hydrogen-bond donors (Lipinski definition) is 3. The molecule has 7 nitrogen and oxygen atoms in total. The summed E-state index contributed by atoms with van der Waals surface area (Å²) in [5.41, 5.74) is 3.01. The molecular formula is C24H29N3O4. The average Bonchev–Trinajstić information content (AvgIpc) is 2.70. The van der Waals surface area contributed by atoms with Crippen LogP contribution in [0.3, 0.4) is 0 Å². The van der Waals surface area contributed by atoms with E-state index in [0.717, 1.165) is 16.7 Å². The van der Waals surface area contributed by atoms with E-state index in [1.165, 1.54) is 6.08 Å². The lowest BCUT2D eigenvalue weighted by Crippen LogP contribution is -2.39. The molecule has 7 heteroatoms. The first-order valence-corrected chi connectivity index (χ1v) is 9.99. The summed E-state index contributed by atoms with van der Waals surface area (Å²) in [5, 5.41) is 7.91. The number of benzene rings is 2. The molecule has 0 fully saturated rings. The summed E-state index contributed by atoms with van der Waals surface area (Å²) in [4.78, 5) is 35.5. The molecule has 164 valence electrons. The SMILES string of the molecule is Cc1ccc(/C=C/C(=O)Nc2ccc(CNC(=O)CNC(=O)OC(C)(C)C)cc2)cc1. The van der Waals surface area contributed by atoms with Gasteiger partial charge in [-0.05, 0) is 57.0 Å². The standard InChI is InChI=1S/C24H29N3O4/c1-17-5-7-18(8-6-17)11-14-21(28)27-20-12-9-19(10-13-20)15-25-22(29)16-26-23(30)31-24(2,3)4/h5-14H,15-16H2,1-4H3,(H,25,29)(H,26,30)(H,27,28)/b14-11+. The third-order valence-electron chi connectivity index (χ3n) is 4.01. The molecule has 0 aliphatic carbocycles. The Morgan fingerprint density at radius 1 is 0.935 bits per heavy atom. The highest BCUT2D eigenvalue weighted by atomic mass is 16.6. The van der Waals surface area contributed by atoms with E-state index in [2.05, 4.69) is 16.0 Å². The zero-order valence-electron chi connectivity index (χ0n) is 18.3. The molecule has 0 saturated heterocycles. The van der Waals surface area contributed by atoms with Crippen LogP contribution in [0.15, 0.2) is 54.6 Å². The van der Waals surface area contributed by atoms with Gasteiger partial charge in [0.1, 0.15) is 12.1 Å². The van der Waals surface area contributed by atoms with Crippen molar-refractivity contribution in [2.45, 2.75) is 39.8 Å². The summed E-state index contributed by atoms with van der Waals surface area (Å²) in [6.07, 6.45) is 2.60. The minimum atomic E-state index is -0.640. The summed E-state index contributed by atoms with van der Waals surface area (Å²) in [7, 11) is 0. The van der Waals surface area contributed by atoms with Gasteiger partial charge in [0.2, 0.25) is 11.8 Å². The number of alkyl carbamates (subject to hydrolysis) is 1. The van der Waals surface area contributed by atoms with Crippen LogP contribution < -0.4 is 16.0 Å². The number of hydrogen-bond acceptors (Lipinski definition) is 4. The van der Waals surface area contributed by atoms with Gasteiger partial charge in [0, 0.05) is 18.3 Å². The number of anilines is 1. The quantitative estimate of drug-likeness (QED) is 0.591. The summed E-state index contributed by atoms with van der Waals surface area (Å²) < 4.78 is 5.07. The molecule has 2 aromatic rings. The number of amides is 3. The average molecular weight is 424 g/mol. The van der Waals surface area contributed by atoms with Gasteiger partial charge >= 0.3 is 6.09 Å². The molecule has 31 heavy (non-hydrogen) atoms. The van der Waals surface area contributed by atoms with E-state index in [9.17, 15) is 14.4 Å². The molecule has 0 atom stereocenters. The van der Waals surface area contributed by atoms with E-state index in [1.807, 2.05) is 31.2 Å². The van der Waals surface area contributed by atoms with Crippen LogP contribution in [0.1, 0.15) is 37.5 Å². The molecular weight excluding hydrogens is 394 g/mol. The second kappa shape index (κ2) is 11.0. The summed E-state index contributed by atoms with van der Waals surface area (Å²) in [6.45, 7) is 7.39. The number of nitrogens with one attached hydrogen (secondary N) is 3. The van der Waals surface area contributed by atoms with Crippen molar-refractivity contribution in [2.75, 3.05) is 11.9 Å². The highest BCUT2D eigenvalue weighted by Gasteiger charge is 2.16. The predicted molar refractivity (Wildman–Crippen MR) is 121 cm³/mol. The number of rotatable bonds is 7. The lowest BCUT2D eigenvalue weighted by atomic mass is 10.1. The van der Waals surface area contributed by atoms with Gasteiger partial charge in [0.25, 0.3) is 0 Å². The van der Waals surface area contributed by atoms with E-state index in [4.69, 9.17) is 4.74 Å². The van der Waals surface area contributed by atoms with Gasteiger partial charge in [-0.2, -0.15) is 0 Å². The Bertz CT molecular complexity index is 927. The Balaban J connectivity index is 1.74. The molecule has 0 spiro atoms. The Morgan fingerprint density at radius 2 is 1.58 bits per heavy atom. The number of aryl methyl sites for hydroxylation is 1. The molecule has 0 heterocycles. The molecule has 0 unspecified atom stereocenters. The monoisotopic (exact) mass is 423 g/mol. The zero-order chi connectivity index (χ0) is 22.9. The fourth-order valence-electron chi connectivity index (χ4n) is 2.47. The van der Waals surface area contributed by atoms with Crippen molar-refractivity contribution in [1.29, 1.82) is 0 Å². The first-order chi connectivity index (χ1) is 14.6. The third kappa shape index (κ3) is 9.62. The summed E-state index contributed by atoms with van der Waals surface area (Å²) in [5.74, 6) is -0.556. The van der Waals surface area contributed by atoms with E-state index < -0.39 is 11.7 Å². The molecule has 0 saturated carbocycles. The lowest BCUT2D eigenvalue weighted by molar-refractivity contribution is -0.120. The van der Waals surface area contributed by atoms with Crippen LogP contribution in [-0.2, 0) is 20.9 Å². The largest absolute Gasteiger partial charge is 0.444 e. The fourth-order valence-corrected chi connectivity index (χ4v) is 2.47. The summed E-state index contributed by atoms with van der Waals surface area (Å²) >= 11 is 0. The van der Waals surface area contributed by atoms with Gasteiger partial charge in [0.05, 0.1) is 0 Å². The van der Waals surface area contributed by atoms with E-state index in [1.54, 1.807) is 51.1 Å². The molecule has 3 N–H and O–H groups in total. The maximum Gasteiger partial charge on any atom is 0.408 e.